The Balaban J connectivity index is 2.55. The summed E-state index contributed by atoms with van der Waals surface area (Å²) in [7, 11) is 0. The Labute approximate surface area is 125 Å². The molecule has 102 valence electrons. The molecule has 0 radical (unpaired) electrons. The van der Waals surface area contributed by atoms with E-state index in [2.05, 4.69) is 41.7 Å². The maximum absolute atomic E-state index is 13.5. The number of nitrogens with two attached hydrogens (primary N) is 1. The largest absolute Gasteiger partial charge is 0.326 e. The van der Waals surface area contributed by atoms with Crippen LogP contribution in [-0.4, -0.2) is 4.98 Å². The molecule has 0 saturated carbocycles. The van der Waals surface area contributed by atoms with Crippen molar-refractivity contribution < 1.29 is 4.39 Å². The maximum atomic E-state index is 13.5. The van der Waals surface area contributed by atoms with Gasteiger partial charge in [0.1, 0.15) is 10.8 Å². The molecule has 5 heteroatoms. The van der Waals surface area contributed by atoms with E-state index in [1.54, 1.807) is 0 Å². The van der Waals surface area contributed by atoms with E-state index in [1.807, 2.05) is 6.07 Å². The zero-order chi connectivity index (χ0) is 14.2. The molecule has 0 aliphatic rings. The molecule has 19 heavy (non-hydrogen) atoms. The second-order valence-electron chi connectivity index (χ2n) is 5.40. The van der Waals surface area contributed by atoms with Gasteiger partial charge in [0.2, 0.25) is 0 Å². The van der Waals surface area contributed by atoms with Gasteiger partial charge in [-0.05, 0) is 18.2 Å². The van der Waals surface area contributed by atoms with Gasteiger partial charge in [0.05, 0.1) is 5.69 Å². The van der Waals surface area contributed by atoms with Crippen LogP contribution in [0.5, 0.6) is 0 Å². The maximum Gasteiger partial charge on any atom is 0.125 e. The first kappa shape index (κ1) is 14.6. The number of nitrogens with zero attached hydrogens (tertiary/aromatic N) is 1. The quantitative estimate of drug-likeness (QED) is 0.874. The average molecular weight is 343 g/mol. The molecule has 0 unspecified atom stereocenters. The highest BCUT2D eigenvalue weighted by molar-refractivity contribution is 9.10. The van der Waals surface area contributed by atoms with Crippen molar-refractivity contribution in [2.45, 2.75) is 32.7 Å². The van der Waals surface area contributed by atoms with E-state index >= 15 is 0 Å². The number of hydrogen-bond acceptors (Lipinski definition) is 3. The van der Waals surface area contributed by atoms with E-state index in [4.69, 9.17) is 5.73 Å². The van der Waals surface area contributed by atoms with Crippen LogP contribution in [0.1, 0.15) is 31.3 Å². The molecule has 0 aliphatic heterocycles. The van der Waals surface area contributed by atoms with Crippen molar-refractivity contribution in [3.05, 3.63) is 39.1 Å². The van der Waals surface area contributed by atoms with Gasteiger partial charge in [-0.1, -0.05) is 36.7 Å². The molecule has 0 saturated heterocycles. The summed E-state index contributed by atoms with van der Waals surface area (Å²) in [4.78, 5) is 5.71. The topological polar surface area (TPSA) is 38.9 Å². The van der Waals surface area contributed by atoms with Gasteiger partial charge >= 0.3 is 0 Å². The third-order valence-electron chi connectivity index (χ3n) is 2.70. The predicted molar refractivity (Wildman–Crippen MR) is 81.8 cm³/mol. The summed E-state index contributed by atoms with van der Waals surface area (Å²) in [6.45, 7) is 6.77. The molecule has 0 fully saturated rings. The Morgan fingerprint density at radius 1 is 1.32 bits per heavy atom. The molecule has 1 aromatic heterocycles. The minimum Gasteiger partial charge on any atom is -0.326 e. The SMILES string of the molecule is CC(C)(C)c1nc(-c2cc(F)cc(Br)c2)sc1CN. The van der Waals surface area contributed by atoms with Crippen molar-refractivity contribution in [1.82, 2.24) is 4.98 Å². The molecule has 1 aromatic carbocycles. The molecule has 2 rings (SSSR count). The highest BCUT2D eigenvalue weighted by Crippen LogP contribution is 2.35. The van der Waals surface area contributed by atoms with Gasteiger partial charge in [-0.3, -0.25) is 0 Å². The standard InChI is InChI=1S/C14H16BrFN2S/c1-14(2,3)12-11(7-17)19-13(18-12)8-4-9(15)6-10(16)5-8/h4-6H,7,17H2,1-3H3. The first-order valence-electron chi connectivity index (χ1n) is 5.98. The molecule has 2 N–H and O–H groups in total. The minimum atomic E-state index is -0.272. The van der Waals surface area contributed by atoms with E-state index in [9.17, 15) is 4.39 Å². The van der Waals surface area contributed by atoms with Crippen LogP contribution in [0, 0.1) is 5.82 Å². The lowest BCUT2D eigenvalue weighted by molar-refractivity contribution is 0.567. The molecule has 2 aromatic rings. The smallest absolute Gasteiger partial charge is 0.125 e. The van der Waals surface area contributed by atoms with E-state index in [0.29, 0.717) is 11.0 Å². The van der Waals surface area contributed by atoms with Gasteiger partial charge in [-0.2, -0.15) is 0 Å². The second kappa shape index (κ2) is 5.31. The van der Waals surface area contributed by atoms with E-state index in [1.165, 1.54) is 23.5 Å². The number of benzene rings is 1. The first-order valence-corrected chi connectivity index (χ1v) is 7.59. The van der Waals surface area contributed by atoms with Gasteiger partial charge in [-0.25, -0.2) is 9.37 Å². The molecular formula is C14H16BrFN2S. The van der Waals surface area contributed by atoms with Crippen molar-refractivity contribution in [2.24, 2.45) is 5.73 Å². The van der Waals surface area contributed by atoms with E-state index in [0.717, 1.165) is 21.1 Å². The lowest BCUT2D eigenvalue weighted by atomic mass is 9.91. The van der Waals surface area contributed by atoms with Crippen LogP contribution >= 0.6 is 27.3 Å². The van der Waals surface area contributed by atoms with Gasteiger partial charge in [-0.15, -0.1) is 11.3 Å². The van der Waals surface area contributed by atoms with Crippen LogP contribution in [0.25, 0.3) is 10.6 Å². The predicted octanol–water partition coefficient (Wildman–Crippen LogP) is 4.47. The first-order chi connectivity index (χ1) is 8.81. The van der Waals surface area contributed by atoms with Crippen molar-refractivity contribution in [2.75, 3.05) is 0 Å². The fraction of sp³-hybridized carbons (Fsp3) is 0.357. The Bertz CT molecular complexity index is 582. The molecule has 0 aliphatic carbocycles. The summed E-state index contributed by atoms with van der Waals surface area (Å²) in [6, 6.07) is 4.80. The number of halogens is 2. The third-order valence-corrected chi connectivity index (χ3v) is 4.29. The van der Waals surface area contributed by atoms with Crippen molar-refractivity contribution in [3.63, 3.8) is 0 Å². The van der Waals surface area contributed by atoms with Crippen molar-refractivity contribution in [3.8, 4) is 10.6 Å². The van der Waals surface area contributed by atoms with Gasteiger partial charge < -0.3 is 5.73 Å². The highest BCUT2D eigenvalue weighted by Gasteiger charge is 2.23. The summed E-state index contributed by atoms with van der Waals surface area (Å²) in [5.41, 5.74) is 7.50. The fourth-order valence-electron chi connectivity index (χ4n) is 1.88. The summed E-state index contributed by atoms with van der Waals surface area (Å²) < 4.78 is 14.2. The molecule has 0 spiro atoms. The Kier molecular flexibility index (Phi) is 4.08. The highest BCUT2D eigenvalue weighted by atomic mass is 79.9. The van der Waals surface area contributed by atoms with Gasteiger partial charge in [0.15, 0.2) is 0 Å². The van der Waals surface area contributed by atoms with Crippen LogP contribution in [0.3, 0.4) is 0 Å². The second-order valence-corrected chi connectivity index (χ2v) is 7.40. The van der Waals surface area contributed by atoms with Crippen LogP contribution in [0.2, 0.25) is 0 Å². The van der Waals surface area contributed by atoms with Gasteiger partial charge in [0.25, 0.3) is 0 Å². The summed E-state index contributed by atoms with van der Waals surface area (Å²) in [5.74, 6) is -0.272. The minimum absolute atomic E-state index is 0.0615. The molecule has 1 heterocycles. The van der Waals surface area contributed by atoms with Crippen LogP contribution in [0.15, 0.2) is 22.7 Å². The van der Waals surface area contributed by atoms with Gasteiger partial charge in [0, 0.05) is 26.9 Å². The van der Waals surface area contributed by atoms with Crippen LogP contribution in [0.4, 0.5) is 4.39 Å². The number of aromatic nitrogens is 1. The zero-order valence-corrected chi connectivity index (χ0v) is 13.5. The molecule has 0 bridgehead atoms. The summed E-state index contributed by atoms with van der Waals surface area (Å²) >= 11 is 4.84. The van der Waals surface area contributed by atoms with Crippen molar-refractivity contribution in [1.29, 1.82) is 0 Å². The summed E-state index contributed by atoms with van der Waals surface area (Å²) in [5, 5.41) is 0.811. The lowest BCUT2D eigenvalue weighted by Crippen LogP contribution is -2.15. The van der Waals surface area contributed by atoms with Crippen LogP contribution < -0.4 is 5.73 Å². The van der Waals surface area contributed by atoms with E-state index in [-0.39, 0.29) is 11.2 Å². The van der Waals surface area contributed by atoms with Crippen LogP contribution in [-0.2, 0) is 12.0 Å². The lowest BCUT2D eigenvalue weighted by Gasteiger charge is -2.16. The monoisotopic (exact) mass is 342 g/mol. The average Bonchev–Trinajstić information content (AvgIpc) is 2.71. The third kappa shape index (κ3) is 3.22. The Morgan fingerprint density at radius 3 is 2.47 bits per heavy atom. The number of thiazole rings is 1. The number of hydrogen-bond donors (Lipinski definition) is 1. The van der Waals surface area contributed by atoms with E-state index < -0.39 is 0 Å². The zero-order valence-electron chi connectivity index (χ0n) is 11.1. The molecular weight excluding hydrogens is 327 g/mol. The normalized spacial score (nSPS) is 11.9. The fourth-order valence-corrected chi connectivity index (χ4v) is 3.48. The van der Waals surface area contributed by atoms with Crippen molar-refractivity contribution >= 4 is 27.3 Å². The molecule has 2 nitrogen and oxygen atoms in total. The molecule has 0 atom stereocenters. The molecule has 0 amide bonds. The summed E-state index contributed by atoms with van der Waals surface area (Å²) in [6.07, 6.45) is 0. The number of rotatable bonds is 2. The Morgan fingerprint density at radius 2 is 2.00 bits per heavy atom. The Hall–Kier alpha value is -0.780.